The molecule has 90 valence electrons. The molecule has 0 saturated heterocycles. The Morgan fingerprint density at radius 3 is 3.06 bits per heavy atom. The van der Waals surface area contributed by atoms with E-state index < -0.39 is 0 Å². The van der Waals surface area contributed by atoms with Crippen LogP contribution < -0.4 is 4.74 Å². The molecule has 0 atom stereocenters. The molecule has 0 fully saturated rings. The van der Waals surface area contributed by atoms with Crippen LogP contribution in [0, 0.1) is 0 Å². The Kier molecular flexibility index (Phi) is 2.86. The number of hydrogen-bond donors (Lipinski definition) is 1. The van der Waals surface area contributed by atoms with Crippen molar-refractivity contribution in [3.05, 3.63) is 53.7 Å². The van der Waals surface area contributed by atoms with E-state index >= 15 is 0 Å². The fourth-order valence-corrected chi connectivity index (χ4v) is 2.70. The normalized spacial score (nSPS) is 10.7. The average molecular weight is 257 g/mol. The fourth-order valence-electron chi connectivity index (χ4n) is 1.78. The van der Waals surface area contributed by atoms with Crippen LogP contribution in [0.15, 0.2) is 48.1 Å². The minimum atomic E-state index is 0.281. The monoisotopic (exact) mass is 257 g/mol. The highest BCUT2D eigenvalue weighted by Crippen LogP contribution is 2.29. The first-order valence-corrected chi connectivity index (χ1v) is 6.43. The number of pyridine rings is 1. The minimum Gasteiger partial charge on any atom is -0.508 e. The molecule has 2 heterocycles. The molecule has 0 bridgehead atoms. The van der Waals surface area contributed by atoms with Gasteiger partial charge in [-0.3, -0.25) is 4.98 Å². The van der Waals surface area contributed by atoms with Crippen molar-refractivity contribution in [2.24, 2.45) is 0 Å². The first kappa shape index (κ1) is 11.0. The maximum absolute atomic E-state index is 9.51. The molecule has 3 rings (SSSR count). The Morgan fingerprint density at radius 1 is 1.28 bits per heavy atom. The zero-order chi connectivity index (χ0) is 12.4. The van der Waals surface area contributed by atoms with Crippen LogP contribution in [0.2, 0.25) is 0 Å². The maximum atomic E-state index is 9.51. The van der Waals surface area contributed by atoms with E-state index in [1.165, 1.54) is 0 Å². The number of aromatic nitrogens is 1. The van der Waals surface area contributed by atoms with Crippen molar-refractivity contribution in [3.63, 3.8) is 0 Å². The first-order chi connectivity index (χ1) is 8.83. The van der Waals surface area contributed by atoms with Gasteiger partial charge in [-0.25, -0.2) is 0 Å². The highest BCUT2D eigenvalue weighted by molar-refractivity contribution is 7.17. The summed E-state index contributed by atoms with van der Waals surface area (Å²) in [5, 5.41) is 12.6. The van der Waals surface area contributed by atoms with Gasteiger partial charge < -0.3 is 9.84 Å². The third kappa shape index (κ3) is 2.15. The molecule has 0 amide bonds. The molecule has 1 aromatic carbocycles. The Labute approximate surface area is 108 Å². The van der Waals surface area contributed by atoms with Gasteiger partial charge >= 0.3 is 0 Å². The van der Waals surface area contributed by atoms with Gasteiger partial charge in [-0.1, -0.05) is 0 Å². The second kappa shape index (κ2) is 4.66. The van der Waals surface area contributed by atoms with Gasteiger partial charge in [0.15, 0.2) is 0 Å². The van der Waals surface area contributed by atoms with Gasteiger partial charge in [-0.05, 0) is 35.7 Å². The number of benzene rings is 1. The number of hydrogen-bond acceptors (Lipinski definition) is 4. The molecule has 0 aliphatic carbocycles. The van der Waals surface area contributed by atoms with E-state index in [-0.39, 0.29) is 5.75 Å². The third-order valence-corrected chi connectivity index (χ3v) is 3.68. The zero-order valence-corrected chi connectivity index (χ0v) is 10.4. The summed E-state index contributed by atoms with van der Waals surface area (Å²) in [5.41, 5.74) is 1.08. The van der Waals surface area contributed by atoms with Crippen LogP contribution in [-0.2, 0) is 6.61 Å². The average Bonchev–Trinajstić information content (AvgIpc) is 2.80. The number of thiophene rings is 1. The Hall–Kier alpha value is -2.07. The fraction of sp³-hybridized carbons (Fsp3) is 0.0714. The number of rotatable bonds is 3. The molecule has 4 heteroatoms. The Balaban J connectivity index is 1.85. The summed E-state index contributed by atoms with van der Waals surface area (Å²) < 4.78 is 6.81. The summed E-state index contributed by atoms with van der Waals surface area (Å²) >= 11 is 1.65. The van der Waals surface area contributed by atoms with E-state index in [2.05, 4.69) is 10.4 Å². The molecular formula is C14H11NO2S. The number of ether oxygens (including phenoxy) is 1. The van der Waals surface area contributed by atoms with Crippen molar-refractivity contribution in [1.82, 2.24) is 4.98 Å². The molecule has 0 spiro atoms. The summed E-state index contributed by atoms with van der Waals surface area (Å²) in [5.74, 6) is 1.03. The van der Waals surface area contributed by atoms with Crippen LogP contribution >= 0.6 is 11.3 Å². The molecule has 0 aliphatic heterocycles. The van der Waals surface area contributed by atoms with E-state index in [0.29, 0.717) is 6.61 Å². The lowest BCUT2D eigenvalue weighted by Gasteiger charge is -2.04. The van der Waals surface area contributed by atoms with Gasteiger partial charge in [0.05, 0.1) is 6.20 Å². The van der Waals surface area contributed by atoms with E-state index in [0.717, 1.165) is 21.4 Å². The predicted molar refractivity (Wildman–Crippen MR) is 72.1 cm³/mol. The standard InChI is InChI=1S/C14H11NO2S/c16-11-3-4-14-13(6-11)10(9-18-14)8-17-12-2-1-5-15-7-12/h1-7,9,16H,8H2. The number of fused-ring (bicyclic) bond motifs is 1. The number of phenolic OH excluding ortho intramolecular Hbond substituents is 1. The second-order valence-corrected chi connectivity index (χ2v) is 4.83. The van der Waals surface area contributed by atoms with E-state index in [4.69, 9.17) is 4.74 Å². The number of aromatic hydroxyl groups is 1. The van der Waals surface area contributed by atoms with E-state index in [1.807, 2.05) is 18.2 Å². The lowest BCUT2D eigenvalue weighted by atomic mass is 10.2. The molecular weight excluding hydrogens is 246 g/mol. The predicted octanol–water partition coefficient (Wildman–Crippen LogP) is 3.58. The van der Waals surface area contributed by atoms with Crippen molar-refractivity contribution < 1.29 is 9.84 Å². The minimum absolute atomic E-state index is 0.281. The highest BCUT2D eigenvalue weighted by Gasteiger charge is 2.05. The van der Waals surface area contributed by atoms with Crippen molar-refractivity contribution in [1.29, 1.82) is 0 Å². The van der Waals surface area contributed by atoms with Crippen LogP contribution in [0.3, 0.4) is 0 Å². The van der Waals surface area contributed by atoms with E-state index in [1.54, 1.807) is 35.9 Å². The summed E-state index contributed by atoms with van der Waals surface area (Å²) in [6, 6.07) is 9.10. The van der Waals surface area contributed by atoms with Gasteiger partial charge in [0.2, 0.25) is 0 Å². The molecule has 0 saturated carbocycles. The molecule has 2 aromatic heterocycles. The van der Waals surface area contributed by atoms with Gasteiger partial charge in [0.1, 0.15) is 18.1 Å². The topological polar surface area (TPSA) is 42.4 Å². The maximum Gasteiger partial charge on any atom is 0.138 e. The summed E-state index contributed by atoms with van der Waals surface area (Å²) in [7, 11) is 0. The molecule has 18 heavy (non-hydrogen) atoms. The molecule has 0 unspecified atom stereocenters. The second-order valence-electron chi connectivity index (χ2n) is 3.92. The SMILES string of the molecule is Oc1ccc2scc(COc3cccnc3)c2c1. The zero-order valence-electron chi connectivity index (χ0n) is 9.54. The highest BCUT2D eigenvalue weighted by atomic mass is 32.1. The molecule has 1 N–H and O–H groups in total. The van der Waals surface area contributed by atoms with Crippen LogP contribution in [0.25, 0.3) is 10.1 Å². The van der Waals surface area contributed by atoms with Crippen molar-refractivity contribution in [2.75, 3.05) is 0 Å². The van der Waals surface area contributed by atoms with Crippen LogP contribution in [0.5, 0.6) is 11.5 Å². The molecule has 3 nitrogen and oxygen atoms in total. The van der Waals surface area contributed by atoms with Crippen LogP contribution in [-0.4, -0.2) is 10.1 Å². The third-order valence-electron chi connectivity index (χ3n) is 2.67. The summed E-state index contributed by atoms with van der Waals surface area (Å²) in [4.78, 5) is 4.00. The van der Waals surface area contributed by atoms with Crippen molar-refractivity contribution in [3.8, 4) is 11.5 Å². The van der Waals surface area contributed by atoms with Crippen LogP contribution in [0.1, 0.15) is 5.56 Å². The largest absolute Gasteiger partial charge is 0.508 e. The van der Waals surface area contributed by atoms with Gasteiger partial charge in [-0.15, -0.1) is 11.3 Å². The van der Waals surface area contributed by atoms with Crippen molar-refractivity contribution >= 4 is 21.4 Å². The van der Waals surface area contributed by atoms with Gasteiger partial charge in [0.25, 0.3) is 0 Å². The summed E-state index contributed by atoms with van der Waals surface area (Å²) in [6.07, 6.45) is 3.40. The molecule has 3 aromatic rings. The Morgan fingerprint density at radius 2 is 2.22 bits per heavy atom. The lowest BCUT2D eigenvalue weighted by molar-refractivity contribution is 0.307. The quantitative estimate of drug-likeness (QED) is 0.779. The van der Waals surface area contributed by atoms with Gasteiger partial charge in [0, 0.05) is 21.8 Å². The number of phenols is 1. The van der Waals surface area contributed by atoms with Gasteiger partial charge in [-0.2, -0.15) is 0 Å². The van der Waals surface area contributed by atoms with Crippen LogP contribution in [0.4, 0.5) is 0 Å². The van der Waals surface area contributed by atoms with Crippen molar-refractivity contribution in [2.45, 2.75) is 6.61 Å². The lowest BCUT2D eigenvalue weighted by Crippen LogP contribution is -1.94. The van der Waals surface area contributed by atoms with E-state index in [9.17, 15) is 5.11 Å². The molecule has 0 aliphatic rings. The number of nitrogens with zero attached hydrogens (tertiary/aromatic N) is 1. The molecule has 0 radical (unpaired) electrons. The Bertz CT molecular complexity index is 664. The summed E-state index contributed by atoms with van der Waals surface area (Å²) in [6.45, 7) is 0.481. The first-order valence-electron chi connectivity index (χ1n) is 5.55. The smallest absolute Gasteiger partial charge is 0.138 e.